The smallest absolute Gasteiger partial charge is 0.320 e. The molecular weight excluding hydrogens is 246 g/mol. The van der Waals surface area contributed by atoms with E-state index < -0.39 is 5.97 Å². The van der Waals surface area contributed by atoms with Gasteiger partial charge in [0.2, 0.25) is 0 Å². The maximum Gasteiger partial charge on any atom is 0.320 e. The third kappa shape index (κ3) is 4.12. The molecule has 1 N–H and O–H groups in total. The molecular formula is C13H21N3O3. The van der Waals surface area contributed by atoms with Crippen molar-refractivity contribution in [1.82, 2.24) is 9.80 Å². The van der Waals surface area contributed by atoms with E-state index in [1.54, 1.807) is 16.7 Å². The molecule has 1 aliphatic rings. The Morgan fingerprint density at radius 2 is 2.05 bits per heavy atom. The number of piperidine rings is 1. The first kappa shape index (κ1) is 15.3. The summed E-state index contributed by atoms with van der Waals surface area (Å²) in [7, 11) is 0. The Morgan fingerprint density at radius 3 is 2.47 bits per heavy atom. The van der Waals surface area contributed by atoms with Gasteiger partial charge in [0.1, 0.15) is 0 Å². The zero-order valence-corrected chi connectivity index (χ0v) is 11.5. The Labute approximate surface area is 113 Å². The standard InChI is InChI=1S/C13H21N3O3/c1-3-15(9-10(2)8-14)13(19)16-6-4-11(5-7-16)12(17)18/h10-11H,3-7,9H2,1-2H3,(H,17,18). The number of carbonyl (C=O) groups excluding carboxylic acids is 1. The van der Waals surface area contributed by atoms with E-state index in [-0.39, 0.29) is 17.9 Å². The topological polar surface area (TPSA) is 84.6 Å². The predicted octanol–water partition coefficient (Wildman–Crippen LogP) is 1.38. The van der Waals surface area contributed by atoms with Gasteiger partial charge < -0.3 is 14.9 Å². The SMILES string of the molecule is CCN(CC(C)C#N)C(=O)N1CCC(C(=O)O)CC1. The van der Waals surface area contributed by atoms with Gasteiger partial charge in [-0.05, 0) is 26.7 Å². The number of carboxylic acid groups (broad SMARTS) is 1. The fourth-order valence-electron chi connectivity index (χ4n) is 2.23. The number of rotatable bonds is 4. The highest BCUT2D eigenvalue weighted by Crippen LogP contribution is 2.18. The second kappa shape index (κ2) is 6.98. The van der Waals surface area contributed by atoms with Crippen molar-refractivity contribution in [3.63, 3.8) is 0 Å². The molecule has 0 spiro atoms. The van der Waals surface area contributed by atoms with Gasteiger partial charge in [-0.3, -0.25) is 4.79 Å². The highest BCUT2D eigenvalue weighted by molar-refractivity contribution is 5.75. The van der Waals surface area contributed by atoms with Crippen LogP contribution in [0.15, 0.2) is 0 Å². The average Bonchev–Trinajstić information content (AvgIpc) is 2.43. The number of carbonyl (C=O) groups is 2. The third-order valence-corrected chi connectivity index (χ3v) is 3.48. The van der Waals surface area contributed by atoms with Gasteiger partial charge in [0, 0.05) is 26.2 Å². The number of carboxylic acids is 1. The Hall–Kier alpha value is -1.77. The van der Waals surface area contributed by atoms with Gasteiger partial charge in [-0.2, -0.15) is 5.26 Å². The van der Waals surface area contributed by atoms with Gasteiger partial charge in [0.25, 0.3) is 0 Å². The Balaban J connectivity index is 2.53. The lowest BCUT2D eigenvalue weighted by Crippen LogP contribution is -2.48. The van der Waals surface area contributed by atoms with Crippen molar-refractivity contribution >= 4 is 12.0 Å². The molecule has 1 fully saturated rings. The molecule has 0 bridgehead atoms. The summed E-state index contributed by atoms with van der Waals surface area (Å²) in [4.78, 5) is 26.4. The largest absolute Gasteiger partial charge is 0.481 e. The normalized spacial score (nSPS) is 17.6. The fraction of sp³-hybridized carbons (Fsp3) is 0.769. The molecule has 1 heterocycles. The van der Waals surface area contributed by atoms with Gasteiger partial charge >= 0.3 is 12.0 Å². The van der Waals surface area contributed by atoms with Crippen molar-refractivity contribution in [1.29, 1.82) is 5.26 Å². The Bertz CT molecular complexity index is 370. The molecule has 0 aromatic rings. The molecule has 1 aliphatic heterocycles. The maximum absolute atomic E-state index is 12.3. The van der Waals surface area contributed by atoms with Crippen molar-refractivity contribution in [3.8, 4) is 6.07 Å². The summed E-state index contributed by atoms with van der Waals surface area (Å²) in [6.07, 6.45) is 1.01. The van der Waals surface area contributed by atoms with E-state index in [0.717, 1.165) is 0 Å². The van der Waals surface area contributed by atoms with Crippen LogP contribution in [0, 0.1) is 23.2 Å². The van der Waals surface area contributed by atoms with E-state index in [0.29, 0.717) is 39.0 Å². The van der Waals surface area contributed by atoms with E-state index in [1.807, 2.05) is 6.92 Å². The quantitative estimate of drug-likeness (QED) is 0.834. The Kier molecular flexibility index (Phi) is 5.61. The van der Waals surface area contributed by atoms with Crippen LogP contribution in [0.2, 0.25) is 0 Å². The molecule has 1 atom stereocenters. The molecule has 0 aromatic heterocycles. The summed E-state index contributed by atoms with van der Waals surface area (Å²) in [5.74, 6) is -1.31. The molecule has 0 aliphatic carbocycles. The van der Waals surface area contributed by atoms with E-state index in [1.165, 1.54) is 0 Å². The van der Waals surface area contributed by atoms with E-state index in [4.69, 9.17) is 10.4 Å². The summed E-state index contributed by atoms with van der Waals surface area (Å²) < 4.78 is 0. The van der Waals surface area contributed by atoms with Crippen LogP contribution in [0.3, 0.4) is 0 Å². The minimum atomic E-state index is -0.780. The second-order valence-electron chi connectivity index (χ2n) is 4.95. The van der Waals surface area contributed by atoms with E-state index >= 15 is 0 Å². The van der Waals surface area contributed by atoms with Crippen molar-refractivity contribution in [3.05, 3.63) is 0 Å². The molecule has 0 radical (unpaired) electrons. The first-order chi connectivity index (χ1) is 8.99. The first-order valence-corrected chi connectivity index (χ1v) is 6.65. The van der Waals surface area contributed by atoms with Crippen LogP contribution in [0.4, 0.5) is 4.79 Å². The van der Waals surface area contributed by atoms with E-state index in [2.05, 4.69) is 6.07 Å². The van der Waals surface area contributed by atoms with Crippen LogP contribution in [0.5, 0.6) is 0 Å². The van der Waals surface area contributed by atoms with Gasteiger partial charge in [-0.15, -0.1) is 0 Å². The molecule has 19 heavy (non-hydrogen) atoms. The zero-order chi connectivity index (χ0) is 14.4. The van der Waals surface area contributed by atoms with Crippen LogP contribution in [0.25, 0.3) is 0 Å². The predicted molar refractivity (Wildman–Crippen MR) is 69.4 cm³/mol. The number of nitrogens with zero attached hydrogens (tertiary/aromatic N) is 3. The molecule has 0 saturated carbocycles. The van der Waals surface area contributed by atoms with Crippen molar-refractivity contribution in [2.75, 3.05) is 26.2 Å². The zero-order valence-electron chi connectivity index (χ0n) is 11.5. The number of nitriles is 1. The van der Waals surface area contributed by atoms with Crippen LogP contribution in [-0.2, 0) is 4.79 Å². The van der Waals surface area contributed by atoms with Crippen molar-refractivity contribution in [2.45, 2.75) is 26.7 Å². The highest BCUT2D eigenvalue weighted by atomic mass is 16.4. The summed E-state index contributed by atoms with van der Waals surface area (Å²) in [6, 6.07) is 2.03. The summed E-state index contributed by atoms with van der Waals surface area (Å²) >= 11 is 0. The van der Waals surface area contributed by atoms with Crippen LogP contribution >= 0.6 is 0 Å². The number of hydrogen-bond acceptors (Lipinski definition) is 3. The molecule has 106 valence electrons. The molecule has 6 nitrogen and oxygen atoms in total. The van der Waals surface area contributed by atoms with Gasteiger partial charge in [0.05, 0.1) is 17.9 Å². The lowest BCUT2D eigenvalue weighted by Gasteiger charge is -2.34. The van der Waals surface area contributed by atoms with Crippen molar-refractivity contribution < 1.29 is 14.7 Å². The van der Waals surface area contributed by atoms with Gasteiger partial charge in [-0.25, -0.2) is 4.79 Å². The first-order valence-electron chi connectivity index (χ1n) is 6.65. The van der Waals surface area contributed by atoms with Crippen LogP contribution < -0.4 is 0 Å². The monoisotopic (exact) mass is 267 g/mol. The summed E-state index contributed by atoms with van der Waals surface area (Å²) in [5, 5.41) is 17.7. The summed E-state index contributed by atoms with van der Waals surface area (Å²) in [5.41, 5.74) is 0. The van der Waals surface area contributed by atoms with Crippen LogP contribution in [0.1, 0.15) is 26.7 Å². The number of urea groups is 1. The molecule has 1 unspecified atom stereocenters. The lowest BCUT2D eigenvalue weighted by molar-refractivity contribution is -0.143. The number of aliphatic carboxylic acids is 1. The highest BCUT2D eigenvalue weighted by Gasteiger charge is 2.29. The minimum absolute atomic E-state index is 0.0894. The number of hydrogen-bond donors (Lipinski definition) is 1. The maximum atomic E-state index is 12.3. The molecule has 6 heteroatoms. The van der Waals surface area contributed by atoms with Crippen LogP contribution in [-0.4, -0.2) is 53.1 Å². The van der Waals surface area contributed by atoms with E-state index in [9.17, 15) is 9.59 Å². The van der Waals surface area contributed by atoms with Crippen molar-refractivity contribution in [2.24, 2.45) is 11.8 Å². The molecule has 2 amide bonds. The second-order valence-corrected chi connectivity index (χ2v) is 4.95. The number of likely N-dealkylation sites (tertiary alicyclic amines) is 1. The Morgan fingerprint density at radius 1 is 1.47 bits per heavy atom. The molecule has 1 rings (SSSR count). The lowest BCUT2D eigenvalue weighted by atomic mass is 9.97. The average molecular weight is 267 g/mol. The molecule has 1 saturated heterocycles. The summed E-state index contributed by atoms with van der Waals surface area (Å²) in [6.45, 7) is 5.60. The fourth-order valence-corrected chi connectivity index (χ4v) is 2.23. The third-order valence-electron chi connectivity index (χ3n) is 3.48. The van der Waals surface area contributed by atoms with Gasteiger partial charge in [-0.1, -0.05) is 0 Å². The molecule has 0 aromatic carbocycles. The number of amides is 2. The minimum Gasteiger partial charge on any atom is -0.481 e. The van der Waals surface area contributed by atoms with Gasteiger partial charge in [0.15, 0.2) is 0 Å².